The molecule has 2 heteroatoms. The summed E-state index contributed by atoms with van der Waals surface area (Å²) in [6.45, 7) is 2.59. The Morgan fingerprint density at radius 1 is 1.29 bits per heavy atom. The maximum atomic E-state index is 11.9. The third kappa shape index (κ3) is 3.61. The summed E-state index contributed by atoms with van der Waals surface area (Å²) >= 11 is 0. The molecule has 0 spiro atoms. The van der Waals surface area contributed by atoms with Crippen LogP contribution in [0.1, 0.15) is 12.5 Å². The molecule has 1 aromatic carbocycles. The average molecular weight is 189 g/mol. The third-order valence-corrected chi connectivity index (χ3v) is 1.95. The standard InChI is InChI=1S/C12H15NO/c1-3-4-10-13(2,14)11-12-8-6-5-7-9-12/h5-9H,10-11H2,1-2H3. The molecule has 0 N–H and O–H groups in total. The van der Waals surface area contributed by atoms with Crippen LogP contribution >= 0.6 is 0 Å². The molecule has 14 heavy (non-hydrogen) atoms. The van der Waals surface area contributed by atoms with Crippen LogP contribution in [-0.2, 0) is 6.54 Å². The number of hydrogen-bond acceptors (Lipinski definition) is 1. The number of hydroxylamine groups is 3. The zero-order valence-electron chi connectivity index (χ0n) is 8.66. The van der Waals surface area contributed by atoms with Crippen molar-refractivity contribution < 1.29 is 4.65 Å². The zero-order chi connectivity index (χ0) is 10.4. The molecule has 0 saturated heterocycles. The molecule has 0 saturated carbocycles. The Balaban J connectivity index is 2.62. The molecule has 0 heterocycles. The Labute approximate surface area is 85.3 Å². The first-order valence-electron chi connectivity index (χ1n) is 4.63. The monoisotopic (exact) mass is 189 g/mol. The van der Waals surface area contributed by atoms with Crippen LogP contribution in [0, 0.1) is 17.0 Å². The highest BCUT2D eigenvalue weighted by atomic mass is 16.5. The number of nitrogens with zero attached hydrogens (tertiary/aromatic N) is 1. The van der Waals surface area contributed by atoms with Crippen LogP contribution in [0.4, 0.5) is 0 Å². The van der Waals surface area contributed by atoms with E-state index < -0.39 is 0 Å². The van der Waals surface area contributed by atoms with Crippen molar-refractivity contribution in [1.82, 2.24) is 0 Å². The molecule has 2 nitrogen and oxygen atoms in total. The first-order chi connectivity index (χ1) is 6.64. The van der Waals surface area contributed by atoms with Crippen LogP contribution in [0.15, 0.2) is 30.3 Å². The van der Waals surface area contributed by atoms with Crippen LogP contribution in [-0.4, -0.2) is 18.2 Å². The molecule has 1 rings (SSSR count). The van der Waals surface area contributed by atoms with Crippen LogP contribution in [0.5, 0.6) is 0 Å². The maximum absolute atomic E-state index is 11.9. The van der Waals surface area contributed by atoms with Gasteiger partial charge in [-0.15, -0.1) is 5.92 Å². The molecular formula is C12H15NO. The zero-order valence-corrected chi connectivity index (χ0v) is 8.66. The molecule has 0 aliphatic carbocycles. The van der Waals surface area contributed by atoms with Crippen molar-refractivity contribution in [1.29, 1.82) is 0 Å². The van der Waals surface area contributed by atoms with E-state index in [0.717, 1.165) is 5.56 Å². The molecule has 0 aliphatic rings. The summed E-state index contributed by atoms with van der Waals surface area (Å²) in [7, 11) is 1.65. The smallest absolute Gasteiger partial charge is 0.140 e. The van der Waals surface area contributed by atoms with Gasteiger partial charge in [0, 0.05) is 5.56 Å². The van der Waals surface area contributed by atoms with Gasteiger partial charge in [0.2, 0.25) is 0 Å². The van der Waals surface area contributed by atoms with Gasteiger partial charge in [0.1, 0.15) is 13.1 Å². The Hall–Kier alpha value is -1.30. The van der Waals surface area contributed by atoms with Gasteiger partial charge in [-0.25, -0.2) is 0 Å². The summed E-state index contributed by atoms with van der Waals surface area (Å²) in [5, 5.41) is 11.9. The van der Waals surface area contributed by atoms with E-state index >= 15 is 0 Å². The van der Waals surface area contributed by atoms with Gasteiger partial charge in [-0.1, -0.05) is 30.3 Å². The minimum absolute atomic E-state index is 0.329. The summed E-state index contributed by atoms with van der Waals surface area (Å²) in [5.41, 5.74) is 1.06. The molecule has 1 atom stereocenters. The molecule has 0 radical (unpaired) electrons. The number of quaternary nitrogens is 1. The predicted molar refractivity (Wildman–Crippen MR) is 58.0 cm³/mol. The van der Waals surface area contributed by atoms with E-state index in [0.29, 0.717) is 13.1 Å². The predicted octanol–water partition coefficient (Wildman–Crippen LogP) is 2.15. The molecular weight excluding hydrogens is 174 g/mol. The van der Waals surface area contributed by atoms with Crippen molar-refractivity contribution in [3.8, 4) is 11.8 Å². The van der Waals surface area contributed by atoms with Gasteiger partial charge in [-0.05, 0) is 12.8 Å². The van der Waals surface area contributed by atoms with Crippen LogP contribution in [0.25, 0.3) is 0 Å². The molecule has 0 aromatic heterocycles. The van der Waals surface area contributed by atoms with E-state index in [4.69, 9.17) is 0 Å². The molecule has 1 aromatic rings. The van der Waals surface area contributed by atoms with Gasteiger partial charge in [0.15, 0.2) is 0 Å². The molecule has 0 amide bonds. The van der Waals surface area contributed by atoms with E-state index in [-0.39, 0.29) is 4.65 Å². The van der Waals surface area contributed by atoms with Crippen molar-refractivity contribution in [2.45, 2.75) is 13.5 Å². The molecule has 0 aliphatic heterocycles. The van der Waals surface area contributed by atoms with Gasteiger partial charge in [0.05, 0.1) is 7.05 Å². The Bertz CT molecular complexity index is 332. The Kier molecular flexibility index (Phi) is 3.70. The highest BCUT2D eigenvalue weighted by molar-refractivity contribution is 5.13. The minimum Gasteiger partial charge on any atom is -0.632 e. The average Bonchev–Trinajstić information content (AvgIpc) is 2.16. The van der Waals surface area contributed by atoms with Crippen LogP contribution in [0.3, 0.4) is 0 Å². The molecule has 1 unspecified atom stereocenters. The maximum Gasteiger partial charge on any atom is 0.140 e. The van der Waals surface area contributed by atoms with E-state index in [1.54, 1.807) is 14.0 Å². The lowest BCUT2D eigenvalue weighted by atomic mass is 10.2. The van der Waals surface area contributed by atoms with Gasteiger partial charge in [-0.2, -0.15) is 0 Å². The Morgan fingerprint density at radius 3 is 2.50 bits per heavy atom. The fraction of sp³-hybridized carbons (Fsp3) is 0.333. The summed E-state index contributed by atoms with van der Waals surface area (Å²) < 4.78 is -0.329. The largest absolute Gasteiger partial charge is 0.632 e. The summed E-state index contributed by atoms with van der Waals surface area (Å²) in [4.78, 5) is 0. The van der Waals surface area contributed by atoms with E-state index in [9.17, 15) is 5.21 Å². The second kappa shape index (κ2) is 4.80. The lowest BCUT2D eigenvalue weighted by Crippen LogP contribution is -2.36. The van der Waals surface area contributed by atoms with E-state index in [1.807, 2.05) is 30.3 Å². The third-order valence-electron chi connectivity index (χ3n) is 1.95. The van der Waals surface area contributed by atoms with Crippen molar-refractivity contribution >= 4 is 0 Å². The highest BCUT2D eigenvalue weighted by Gasteiger charge is 2.08. The second-order valence-electron chi connectivity index (χ2n) is 3.53. The van der Waals surface area contributed by atoms with E-state index in [1.165, 1.54) is 0 Å². The van der Waals surface area contributed by atoms with Gasteiger partial charge in [-0.3, -0.25) is 0 Å². The normalized spacial score (nSPS) is 13.9. The lowest BCUT2D eigenvalue weighted by Gasteiger charge is -2.36. The molecule has 0 fully saturated rings. The number of hydrogen-bond donors (Lipinski definition) is 0. The first kappa shape index (κ1) is 10.8. The lowest BCUT2D eigenvalue weighted by molar-refractivity contribution is -0.867. The SMILES string of the molecule is CC#CC[N+](C)([O-])Cc1ccccc1. The summed E-state index contributed by atoms with van der Waals surface area (Å²) in [6.07, 6.45) is 0. The number of benzene rings is 1. The fourth-order valence-corrected chi connectivity index (χ4v) is 1.27. The second-order valence-corrected chi connectivity index (χ2v) is 3.53. The van der Waals surface area contributed by atoms with E-state index in [2.05, 4.69) is 11.8 Å². The van der Waals surface area contributed by atoms with Crippen LogP contribution < -0.4 is 0 Å². The fourth-order valence-electron chi connectivity index (χ4n) is 1.27. The Morgan fingerprint density at radius 2 is 1.93 bits per heavy atom. The van der Waals surface area contributed by atoms with Crippen molar-refractivity contribution in [2.24, 2.45) is 0 Å². The van der Waals surface area contributed by atoms with Crippen molar-refractivity contribution in [2.75, 3.05) is 13.6 Å². The van der Waals surface area contributed by atoms with Gasteiger partial charge in [0.25, 0.3) is 0 Å². The minimum atomic E-state index is -0.329. The highest BCUT2D eigenvalue weighted by Crippen LogP contribution is 2.08. The topological polar surface area (TPSA) is 23.1 Å². The van der Waals surface area contributed by atoms with Gasteiger partial charge < -0.3 is 9.85 Å². The molecule has 0 bridgehead atoms. The number of rotatable bonds is 3. The summed E-state index contributed by atoms with van der Waals surface area (Å²) in [5.74, 6) is 5.56. The quantitative estimate of drug-likeness (QED) is 0.406. The molecule has 74 valence electrons. The van der Waals surface area contributed by atoms with Crippen molar-refractivity contribution in [3.05, 3.63) is 41.1 Å². The van der Waals surface area contributed by atoms with Gasteiger partial charge >= 0.3 is 0 Å². The van der Waals surface area contributed by atoms with Crippen LogP contribution in [0.2, 0.25) is 0 Å². The summed E-state index contributed by atoms with van der Waals surface area (Å²) in [6, 6.07) is 9.77. The first-order valence-corrected chi connectivity index (χ1v) is 4.63. The van der Waals surface area contributed by atoms with Crippen molar-refractivity contribution in [3.63, 3.8) is 0 Å².